The molecule has 1 aliphatic rings. The minimum atomic E-state index is 0.464. The zero-order chi connectivity index (χ0) is 14.1. The lowest BCUT2D eigenvalue weighted by Gasteiger charge is -2.30. The Morgan fingerprint density at radius 3 is 2.70 bits per heavy atom. The van der Waals surface area contributed by atoms with Crippen LogP contribution in [0.5, 0.6) is 0 Å². The lowest BCUT2D eigenvalue weighted by atomic mass is 10.2. The van der Waals surface area contributed by atoms with Crippen molar-refractivity contribution in [3.63, 3.8) is 0 Å². The van der Waals surface area contributed by atoms with Crippen molar-refractivity contribution in [1.29, 1.82) is 0 Å². The third-order valence-corrected chi connectivity index (χ3v) is 4.18. The van der Waals surface area contributed by atoms with Crippen LogP contribution in [0.25, 0.3) is 11.4 Å². The molecule has 0 saturated carbocycles. The molecule has 1 fully saturated rings. The van der Waals surface area contributed by atoms with Crippen LogP contribution in [0.3, 0.4) is 0 Å². The van der Waals surface area contributed by atoms with Crippen LogP contribution in [0.15, 0.2) is 27.1 Å². The van der Waals surface area contributed by atoms with E-state index < -0.39 is 0 Å². The van der Waals surface area contributed by atoms with E-state index in [9.17, 15) is 0 Å². The van der Waals surface area contributed by atoms with Gasteiger partial charge in [0.15, 0.2) is 5.82 Å². The second-order valence-corrected chi connectivity index (χ2v) is 6.77. The van der Waals surface area contributed by atoms with E-state index in [0.717, 1.165) is 45.9 Å². The number of anilines is 1. The number of hydrogen-bond acceptors (Lipinski definition) is 4. The van der Waals surface area contributed by atoms with Gasteiger partial charge in [-0.25, -0.2) is 0 Å². The summed E-state index contributed by atoms with van der Waals surface area (Å²) in [5.41, 5.74) is 1.01. The number of halogens is 2. The molecule has 0 spiro atoms. The topological polar surface area (TPSA) is 56.8 Å². The highest BCUT2D eigenvalue weighted by Crippen LogP contribution is 2.26. The molecule has 2 heterocycles. The van der Waals surface area contributed by atoms with Gasteiger partial charge in [-0.3, -0.25) is 5.10 Å². The van der Waals surface area contributed by atoms with Crippen LogP contribution < -0.4 is 10.2 Å². The standard InChI is InChI=1S/C13H15Br2N5/c1-8-7-20(3-2-16-8)13-17-12(18-19-13)9-4-10(14)6-11(15)5-9/h4-6,8,16H,2-3,7H2,1H3,(H,17,18,19)/t8-/m0/s1. The third kappa shape index (κ3) is 3.05. The fourth-order valence-electron chi connectivity index (χ4n) is 2.33. The highest BCUT2D eigenvalue weighted by Gasteiger charge is 2.19. The number of H-pyrrole nitrogens is 1. The van der Waals surface area contributed by atoms with Crippen molar-refractivity contribution in [2.45, 2.75) is 13.0 Å². The zero-order valence-corrected chi connectivity index (χ0v) is 14.2. The van der Waals surface area contributed by atoms with Crippen molar-refractivity contribution >= 4 is 37.8 Å². The Bertz CT molecular complexity index is 592. The van der Waals surface area contributed by atoms with E-state index >= 15 is 0 Å². The van der Waals surface area contributed by atoms with Crippen LogP contribution in [0, 0.1) is 0 Å². The van der Waals surface area contributed by atoms with E-state index in [2.05, 4.69) is 64.2 Å². The van der Waals surface area contributed by atoms with Crippen LogP contribution in [0.2, 0.25) is 0 Å². The van der Waals surface area contributed by atoms with E-state index in [4.69, 9.17) is 0 Å². The van der Waals surface area contributed by atoms with Crippen molar-refractivity contribution in [2.75, 3.05) is 24.5 Å². The average molecular weight is 401 g/mol. The van der Waals surface area contributed by atoms with E-state index in [1.54, 1.807) is 0 Å². The maximum absolute atomic E-state index is 4.61. The maximum Gasteiger partial charge on any atom is 0.245 e. The molecule has 0 radical (unpaired) electrons. The summed E-state index contributed by atoms with van der Waals surface area (Å²) in [4.78, 5) is 6.81. The summed E-state index contributed by atoms with van der Waals surface area (Å²) >= 11 is 6.98. The molecule has 1 aliphatic heterocycles. The van der Waals surface area contributed by atoms with Crippen molar-refractivity contribution in [3.8, 4) is 11.4 Å². The summed E-state index contributed by atoms with van der Waals surface area (Å²) in [6.07, 6.45) is 0. The third-order valence-electron chi connectivity index (χ3n) is 3.26. The van der Waals surface area contributed by atoms with Crippen molar-refractivity contribution in [3.05, 3.63) is 27.1 Å². The molecular formula is C13H15Br2N5. The van der Waals surface area contributed by atoms with Crippen LogP contribution in [-0.4, -0.2) is 40.9 Å². The van der Waals surface area contributed by atoms with Crippen molar-refractivity contribution < 1.29 is 0 Å². The first-order valence-electron chi connectivity index (χ1n) is 6.49. The fourth-order valence-corrected chi connectivity index (χ4v) is 3.62. The molecule has 106 valence electrons. The predicted octanol–water partition coefficient (Wildman–Crippen LogP) is 2.79. The summed E-state index contributed by atoms with van der Waals surface area (Å²) in [6, 6.07) is 6.51. The molecule has 7 heteroatoms. The summed E-state index contributed by atoms with van der Waals surface area (Å²) < 4.78 is 2.02. The van der Waals surface area contributed by atoms with Crippen LogP contribution >= 0.6 is 31.9 Å². The number of rotatable bonds is 2. The molecule has 0 unspecified atom stereocenters. The molecule has 20 heavy (non-hydrogen) atoms. The van der Waals surface area contributed by atoms with Gasteiger partial charge in [-0.15, -0.1) is 5.10 Å². The first-order chi connectivity index (χ1) is 9.61. The minimum absolute atomic E-state index is 0.464. The van der Waals surface area contributed by atoms with Crippen LogP contribution in [0.4, 0.5) is 5.95 Å². The van der Waals surface area contributed by atoms with Crippen LogP contribution in [0.1, 0.15) is 6.92 Å². The summed E-state index contributed by atoms with van der Waals surface area (Å²) in [5, 5.41) is 10.8. The number of benzene rings is 1. The van der Waals surface area contributed by atoms with E-state index in [1.807, 2.05) is 18.2 Å². The van der Waals surface area contributed by atoms with Gasteiger partial charge >= 0.3 is 0 Å². The normalized spacial score (nSPS) is 19.4. The Kier molecular flexibility index (Phi) is 4.09. The monoisotopic (exact) mass is 399 g/mol. The molecule has 1 aromatic heterocycles. The van der Waals surface area contributed by atoms with Gasteiger partial charge < -0.3 is 10.2 Å². The highest BCUT2D eigenvalue weighted by molar-refractivity contribution is 9.11. The van der Waals surface area contributed by atoms with Gasteiger partial charge in [0.1, 0.15) is 0 Å². The summed E-state index contributed by atoms with van der Waals surface area (Å²) in [6.45, 7) is 5.00. The molecule has 2 N–H and O–H groups in total. The van der Waals surface area contributed by atoms with Crippen molar-refractivity contribution in [2.24, 2.45) is 0 Å². The number of aromatic nitrogens is 3. The van der Waals surface area contributed by atoms with E-state index in [-0.39, 0.29) is 0 Å². The van der Waals surface area contributed by atoms with E-state index in [1.165, 1.54) is 0 Å². The van der Waals surface area contributed by atoms with E-state index in [0.29, 0.717) is 6.04 Å². The summed E-state index contributed by atoms with van der Waals surface area (Å²) in [5.74, 6) is 1.55. The molecule has 1 aromatic carbocycles. The van der Waals surface area contributed by atoms with Gasteiger partial charge in [0, 0.05) is 40.2 Å². The number of piperazine rings is 1. The number of hydrogen-bond donors (Lipinski definition) is 2. The zero-order valence-electron chi connectivity index (χ0n) is 11.0. The second-order valence-electron chi connectivity index (χ2n) is 4.94. The van der Waals surface area contributed by atoms with Crippen molar-refractivity contribution in [1.82, 2.24) is 20.5 Å². The van der Waals surface area contributed by atoms with Gasteiger partial charge in [-0.1, -0.05) is 31.9 Å². The molecule has 1 saturated heterocycles. The minimum Gasteiger partial charge on any atom is -0.337 e. The number of nitrogens with one attached hydrogen (secondary N) is 2. The highest BCUT2D eigenvalue weighted by atomic mass is 79.9. The van der Waals surface area contributed by atoms with Crippen LogP contribution in [-0.2, 0) is 0 Å². The first kappa shape index (κ1) is 14.0. The molecule has 0 aliphatic carbocycles. The number of nitrogens with zero attached hydrogens (tertiary/aromatic N) is 3. The van der Waals surface area contributed by atoms with Gasteiger partial charge in [-0.05, 0) is 25.1 Å². The molecular weight excluding hydrogens is 386 g/mol. The molecule has 1 atom stereocenters. The lowest BCUT2D eigenvalue weighted by molar-refractivity contribution is 0.480. The lowest BCUT2D eigenvalue weighted by Crippen LogP contribution is -2.49. The Hall–Kier alpha value is -0.920. The van der Waals surface area contributed by atoms with Gasteiger partial charge in [0.2, 0.25) is 5.95 Å². The first-order valence-corrected chi connectivity index (χ1v) is 8.07. The molecule has 3 rings (SSSR count). The largest absolute Gasteiger partial charge is 0.337 e. The predicted molar refractivity (Wildman–Crippen MR) is 86.9 cm³/mol. The molecule has 0 bridgehead atoms. The average Bonchev–Trinajstić information content (AvgIpc) is 2.87. The Morgan fingerprint density at radius 2 is 2.00 bits per heavy atom. The van der Waals surface area contributed by atoms with Gasteiger partial charge in [0.05, 0.1) is 0 Å². The quantitative estimate of drug-likeness (QED) is 0.813. The second kappa shape index (κ2) is 5.83. The summed E-state index contributed by atoms with van der Waals surface area (Å²) in [7, 11) is 0. The smallest absolute Gasteiger partial charge is 0.245 e. The van der Waals surface area contributed by atoms with Gasteiger partial charge in [0.25, 0.3) is 0 Å². The Labute approximate surface area is 134 Å². The molecule has 2 aromatic rings. The SMILES string of the molecule is C[C@H]1CN(c2n[nH]c(-c3cc(Br)cc(Br)c3)n2)CCN1. The molecule has 0 amide bonds. The van der Waals surface area contributed by atoms with Gasteiger partial charge in [-0.2, -0.15) is 4.98 Å². The maximum atomic E-state index is 4.61. The fraction of sp³-hybridized carbons (Fsp3) is 0.385. The number of aromatic amines is 1. The molecule has 5 nitrogen and oxygen atoms in total. The Morgan fingerprint density at radius 1 is 1.25 bits per heavy atom. The Balaban J connectivity index is 1.86.